The van der Waals surface area contributed by atoms with E-state index >= 15 is 0 Å². The number of rotatable bonds is 1. The van der Waals surface area contributed by atoms with E-state index in [9.17, 15) is 0 Å². The number of alkyl halides is 2. The van der Waals surface area contributed by atoms with Crippen molar-refractivity contribution in [2.75, 3.05) is 6.54 Å². The van der Waals surface area contributed by atoms with Gasteiger partial charge in [-0.25, -0.2) is 0 Å². The van der Waals surface area contributed by atoms with Crippen LogP contribution in [0.3, 0.4) is 0 Å². The van der Waals surface area contributed by atoms with Crippen molar-refractivity contribution < 1.29 is 0 Å². The summed E-state index contributed by atoms with van der Waals surface area (Å²) in [5.74, 6) is 0. The third-order valence-electron chi connectivity index (χ3n) is 2.09. The average molecular weight is 303 g/mol. The lowest BCUT2D eigenvalue weighted by atomic mass is 10.1. The molecule has 0 spiro atoms. The highest BCUT2D eigenvalue weighted by Gasteiger charge is 2.34. The first-order valence-corrected chi connectivity index (χ1v) is 5.77. The normalized spacial score (nSPS) is 20.0. The van der Waals surface area contributed by atoms with Gasteiger partial charge in [0.05, 0.1) is 5.71 Å². The maximum absolute atomic E-state index is 4.48. The SMILES string of the molecule is BrC1(Br)CCN=C1c1ccccc1. The van der Waals surface area contributed by atoms with Crippen LogP contribution in [0.1, 0.15) is 12.0 Å². The Bertz CT molecular complexity index is 330. The summed E-state index contributed by atoms with van der Waals surface area (Å²) in [5, 5.41) is 0. The highest BCUT2D eigenvalue weighted by atomic mass is 79.9. The summed E-state index contributed by atoms with van der Waals surface area (Å²) >= 11 is 7.26. The Labute approximate surface area is 94.5 Å². The fourth-order valence-electron chi connectivity index (χ4n) is 1.44. The van der Waals surface area contributed by atoms with Gasteiger partial charge in [0.2, 0.25) is 0 Å². The molecule has 1 aliphatic heterocycles. The monoisotopic (exact) mass is 301 g/mol. The van der Waals surface area contributed by atoms with Crippen molar-refractivity contribution in [3.05, 3.63) is 35.9 Å². The second-order valence-corrected chi connectivity index (χ2v) is 6.82. The molecule has 13 heavy (non-hydrogen) atoms. The lowest BCUT2D eigenvalue weighted by Crippen LogP contribution is -2.20. The average Bonchev–Trinajstić information content (AvgIpc) is 2.47. The number of hydrogen-bond acceptors (Lipinski definition) is 1. The molecule has 0 aliphatic carbocycles. The standard InChI is InChI=1S/C10H9Br2N/c11-10(12)6-7-13-9(10)8-4-2-1-3-5-8/h1-5H,6-7H2. The van der Waals surface area contributed by atoms with Crippen LogP contribution >= 0.6 is 31.9 Å². The molecule has 3 heteroatoms. The molecule has 1 aromatic rings. The zero-order valence-corrected chi connectivity index (χ0v) is 10.2. The van der Waals surface area contributed by atoms with Crippen molar-refractivity contribution in [1.82, 2.24) is 0 Å². The van der Waals surface area contributed by atoms with E-state index in [1.54, 1.807) is 0 Å². The molecule has 0 aromatic heterocycles. The van der Waals surface area contributed by atoms with Crippen LogP contribution < -0.4 is 0 Å². The van der Waals surface area contributed by atoms with Gasteiger partial charge in [0.15, 0.2) is 0 Å². The van der Waals surface area contributed by atoms with Gasteiger partial charge in [0, 0.05) is 6.54 Å². The molecule has 2 rings (SSSR count). The number of hydrogen-bond donors (Lipinski definition) is 0. The first-order chi connectivity index (χ1) is 6.20. The fourth-order valence-corrected chi connectivity index (χ4v) is 2.50. The van der Waals surface area contributed by atoms with Crippen LogP contribution in [0, 0.1) is 0 Å². The number of benzene rings is 1. The van der Waals surface area contributed by atoms with E-state index in [2.05, 4.69) is 49.0 Å². The van der Waals surface area contributed by atoms with Gasteiger partial charge in [-0.1, -0.05) is 62.2 Å². The number of halogens is 2. The van der Waals surface area contributed by atoms with Crippen LogP contribution in [0.4, 0.5) is 0 Å². The Kier molecular flexibility index (Phi) is 2.56. The van der Waals surface area contributed by atoms with Crippen molar-refractivity contribution in [3.8, 4) is 0 Å². The van der Waals surface area contributed by atoms with Gasteiger partial charge in [0.25, 0.3) is 0 Å². The van der Waals surface area contributed by atoms with Gasteiger partial charge in [0.1, 0.15) is 3.23 Å². The predicted molar refractivity (Wildman–Crippen MR) is 63.0 cm³/mol. The number of nitrogens with zero attached hydrogens (tertiary/aromatic N) is 1. The molecule has 0 saturated carbocycles. The Morgan fingerprint density at radius 3 is 2.38 bits per heavy atom. The van der Waals surface area contributed by atoms with Crippen LogP contribution in [0.5, 0.6) is 0 Å². The Hall–Kier alpha value is -0.150. The van der Waals surface area contributed by atoms with E-state index < -0.39 is 0 Å². The van der Waals surface area contributed by atoms with E-state index in [0.29, 0.717) is 0 Å². The van der Waals surface area contributed by atoms with Crippen LogP contribution in [-0.4, -0.2) is 15.5 Å². The lowest BCUT2D eigenvalue weighted by Gasteiger charge is -2.15. The molecule has 1 aliphatic rings. The van der Waals surface area contributed by atoms with Crippen molar-refractivity contribution >= 4 is 37.6 Å². The molecular weight excluding hydrogens is 294 g/mol. The Morgan fingerprint density at radius 2 is 1.85 bits per heavy atom. The molecule has 0 unspecified atom stereocenters. The van der Waals surface area contributed by atoms with Gasteiger partial charge in [-0.2, -0.15) is 0 Å². The second kappa shape index (κ2) is 3.54. The first-order valence-electron chi connectivity index (χ1n) is 4.18. The summed E-state index contributed by atoms with van der Waals surface area (Å²) in [6.07, 6.45) is 1.01. The molecule has 0 fully saturated rings. The maximum Gasteiger partial charge on any atom is 0.124 e. The van der Waals surface area contributed by atoms with Crippen molar-refractivity contribution in [2.24, 2.45) is 4.99 Å². The van der Waals surface area contributed by atoms with E-state index in [4.69, 9.17) is 0 Å². The summed E-state index contributed by atoms with van der Waals surface area (Å²) in [6, 6.07) is 10.3. The molecule has 0 radical (unpaired) electrons. The minimum Gasteiger partial charge on any atom is -0.287 e. The van der Waals surface area contributed by atoms with E-state index in [0.717, 1.165) is 18.7 Å². The van der Waals surface area contributed by atoms with Crippen LogP contribution in [0.2, 0.25) is 0 Å². The first kappa shape index (κ1) is 9.41. The number of aliphatic imine (C=N–C) groups is 1. The highest BCUT2D eigenvalue weighted by molar-refractivity contribution is 9.26. The quantitative estimate of drug-likeness (QED) is 0.705. The predicted octanol–water partition coefficient (Wildman–Crippen LogP) is 3.37. The van der Waals surface area contributed by atoms with E-state index in [-0.39, 0.29) is 3.23 Å². The summed E-state index contributed by atoms with van der Waals surface area (Å²) < 4.78 is -0.110. The smallest absolute Gasteiger partial charge is 0.124 e. The molecule has 1 heterocycles. The fraction of sp³-hybridized carbons (Fsp3) is 0.300. The van der Waals surface area contributed by atoms with Crippen LogP contribution in [0.15, 0.2) is 35.3 Å². The topological polar surface area (TPSA) is 12.4 Å². The molecular formula is C10H9Br2N. The van der Waals surface area contributed by atoms with Crippen molar-refractivity contribution in [1.29, 1.82) is 0 Å². The van der Waals surface area contributed by atoms with Gasteiger partial charge in [-0.05, 0) is 12.0 Å². The zero-order chi connectivity index (χ0) is 9.31. The zero-order valence-electron chi connectivity index (χ0n) is 7.00. The third-order valence-corrected chi connectivity index (χ3v) is 3.63. The summed E-state index contributed by atoms with van der Waals surface area (Å²) in [5.41, 5.74) is 2.29. The lowest BCUT2D eigenvalue weighted by molar-refractivity contribution is 0.947. The highest BCUT2D eigenvalue weighted by Crippen LogP contribution is 2.38. The molecule has 0 N–H and O–H groups in total. The minimum atomic E-state index is -0.110. The molecule has 0 saturated heterocycles. The van der Waals surface area contributed by atoms with Gasteiger partial charge in [-0.15, -0.1) is 0 Å². The van der Waals surface area contributed by atoms with Gasteiger partial charge >= 0.3 is 0 Å². The van der Waals surface area contributed by atoms with E-state index in [1.165, 1.54) is 5.56 Å². The summed E-state index contributed by atoms with van der Waals surface area (Å²) in [7, 11) is 0. The van der Waals surface area contributed by atoms with Crippen molar-refractivity contribution in [3.63, 3.8) is 0 Å². The molecule has 1 nitrogen and oxygen atoms in total. The van der Waals surface area contributed by atoms with E-state index in [1.807, 2.05) is 18.2 Å². The molecule has 0 amide bonds. The van der Waals surface area contributed by atoms with Crippen LogP contribution in [0.25, 0.3) is 0 Å². The Balaban J connectivity index is 2.38. The molecule has 68 valence electrons. The van der Waals surface area contributed by atoms with Gasteiger partial charge in [-0.3, -0.25) is 4.99 Å². The maximum atomic E-state index is 4.48. The minimum absolute atomic E-state index is 0.110. The third kappa shape index (κ3) is 1.86. The summed E-state index contributed by atoms with van der Waals surface area (Å²) in [4.78, 5) is 4.48. The molecule has 1 aromatic carbocycles. The van der Waals surface area contributed by atoms with Gasteiger partial charge < -0.3 is 0 Å². The Morgan fingerprint density at radius 1 is 1.15 bits per heavy atom. The van der Waals surface area contributed by atoms with Crippen molar-refractivity contribution in [2.45, 2.75) is 9.65 Å². The molecule has 0 bridgehead atoms. The second-order valence-electron chi connectivity index (χ2n) is 3.05. The largest absolute Gasteiger partial charge is 0.287 e. The molecule has 0 atom stereocenters. The van der Waals surface area contributed by atoms with Crippen LogP contribution in [-0.2, 0) is 0 Å². The summed E-state index contributed by atoms with van der Waals surface area (Å²) in [6.45, 7) is 0.890.